The Bertz CT molecular complexity index is 917. The SMILES string of the molecule is [2H]C([2H])=C(O[Si](C)(C)C(C)(C)C)c1cc2ccccc2nc1C#CCOC. The molecule has 1 aromatic heterocycles. The summed E-state index contributed by atoms with van der Waals surface area (Å²) in [6.07, 6.45) is 0. The second kappa shape index (κ2) is 7.43. The summed E-state index contributed by atoms with van der Waals surface area (Å²) in [5.74, 6) is 6.17. The predicted octanol–water partition coefficient (Wildman–Crippen LogP) is 5.23. The maximum atomic E-state index is 8.02. The lowest BCUT2D eigenvalue weighted by molar-refractivity contribution is 0.240. The van der Waals surface area contributed by atoms with Gasteiger partial charge in [0.1, 0.15) is 18.1 Å². The van der Waals surface area contributed by atoms with Crippen LogP contribution in [0.25, 0.3) is 16.7 Å². The van der Waals surface area contributed by atoms with Crippen molar-refractivity contribution >= 4 is 25.0 Å². The first-order chi connectivity index (χ1) is 12.6. The smallest absolute Gasteiger partial charge is 0.250 e. The van der Waals surface area contributed by atoms with Crippen molar-refractivity contribution in [2.45, 2.75) is 38.9 Å². The Kier molecular flexibility index (Phi) is 4.87. The molecule has 0 saturated carbocycles. The van der Waals surface area contributed by atoms with Crippen molar-refractivity contribution in [3.05, 3.63) is 48.1 Å². The van der Waals surface area contributed by atoms with Crippen LogP contribution in [0.4, 0.5) is 0 Å². The van der Waals surface area contributed by atoms with E-state index in [1.807, 2.05) is 30.3 Å². The number of hydrogen-bond acceptors (Lipinski definition) is 3. The fraction of sp³-hybridized carbons (Fsp3) is 0.381. The molecule has 0 aliphatic heterocycles. The third-order valence-corrected chi connectivity index (χ3v) is 8.88. The Morgan fingerprint density at radius 3 is 2.68 bits per heavy atom. The van der Waals surface area contributed by atoms with Gasteiger partial charge in [0.2, 0.25) is 8.32 Å². The molecule has 0 aliphatic rings. The number of methoxy groups -OCH3 is 1. The monoisotopic (exact) mass is 355 g/mol. The van der Waals surface area contributed by atoms with Crippen LogP contribution in [0, 0.1) is 11.8 Å². The number of rotatable bonds is 4. The molecule has 3 nitrogen and oxygen atoms in total. The number of pyridine rings is 1. The average molecular weight is 356 g/mol. The maximum absolute atomic E-state index is 8.02. The minimum absolute atomic E-state index is 0.0557. The minimum Gasteiger partial charge on any atom is -0.543 e. The van der Waals surface area contributed by atoms with Gasteiger partial charge in [-0.15, -0.1) is 0 Å². The van der Waals surface area contributed by atoms with Crippen molar-refractivity contribution in [1.29, 1.82) is 0 Å². The van der Waals surface area contributed by atoms with Crippen molar-refractivity contribution in [3.63, 3.8) is 0 Å². The first-order valence-electron chi connectivity index (χ1n) is 9.31. The van der Waals surface area contributed by atoms with Crippen molar-refractivity contribution in [2.24, 2.45) is 0 Å². The van der Waals surface area contributed by atoms with E-state index in [4.69, 9.17) is 11.9 Å². The predicted molar refractivity (Wildman–Crippen MR) is 108 cm³/mol. The molecule has 0 fully saturated rings. The largest absolute Gasteiger partial charge is 0.543 e. The zero-order valence-electron chi connectivity index (χ0n) is 17.9. The van der Waals surface area contributed by atoms with Crippen LogP contribution in [0.1, 0.15) is 34.8 Å². The highest BCUT2D eigenvalue weighted by Gasteiger charge is 2.39. The number of ether oxygens (including phenoxy) is 1. The molecular weight excluding hydrogens is 326 g/mol. The molecule has 25 heavy (non-hydrogen) atoms. The Labute approximate surface area is 155 Å². The molecule has 0 saturated heterocycles. The molecule has 0 bridgehead atoms. The van der Waals surface area contributed by atoms with E-state index in [1.165, 1.54) is 0 Å². The van der Waals surface area contributed by atoms with E-state index in [0.717, 1.165) is 10.9 Å². The van der Waals surface area contributed by atoms with Gasteiger partial charge in [-0.1, -0.05) is 51.4 Å². The summed E-state index contributed by atoms with van der Waals surface area (Å²) < 4.78 is 27.4. The Hall–Kier alpha value is -2.09. The second-order valence-corrected chi connectivity index (χ2v) is 12.2. The van der Waals surface area contributed by atoms with Gasteiger partial charge in [-0.05, 0) is 36.2 Å². The van der Waals surface area contributed by atoms with Crippen molar-refractivity contribution < 1.29 is 11.9 Å². The molecular formula is C21H27NO2Si. The third kappa shape index (κ3) is 4.50. The highest BCUT2D eigenvalue weighted by molar-refractivity contribution is 6.74. The van der Waals surface area contributed by atoms with Crippen LogP contribution in [0.3, 0.4) is 0 Å². The van der Waals surface area contributed by atoms with E-state index in [2.05, 4.69) is 50.7 Å². The molecule has 1 aromatic carbocycles. The van der Waals surface area contributed by atoms with Crippen LogP contribution in [0.2, 0.25) is 18.1 Å². The topological polar surface area (TPSA) is 31.4 Å². The van der Waals surface area contributed by atoms with Gasteiger partial charge in [0.05, 0.1) is 8.26 Å². The molecule has 0 aliphatic carbocycles. The maximum Gasteiger partial charge on any atom is 0.250 e. The van der Waals surface area contributed by atoms with Crippen LogP contribution in [-0.4, -0.2) is 27.0 Å². The lowest BCUT2D eigenvalue weighted by Gasteiger charge is -2.37. The molecule has 4 heteroatoms. The summed E-state index contributed by atoms with van der Waals surface area (Å²) in [6, 6.07) is 9.64. The van der Waals surface area contributed by atoms with E-state index in [9.17, 15) is 0 Å². The summed E-state index contributed by atoms with van der Waals surface area (Å²) >= 11 is 0. The fourth-order valence-electron chi connectivity index (χ4n) is 2.04. The van der Waals surface area contributed by atoms with E-state index >= 15 is 0 Å². The van der Waals surface area contributed by atoms with Gasteiger partial charge in [0.15, 0.2) is 0 Å². The summed E-state index contributed by atoms with van der Waals surface area (Å²) in [4.78, 5) is 4.65. The quantitative estimate of drug-likeness (QED) is 0.428. The van der Waals surface area contributed by atoms with E-state index < -0.39 is 8.32 Å². The normalized spacial score (nSPS) is 12.7. The zero-order valence-corrected chi connectivity index (χ0v) is 16.9. The molecule has 0 N–H and O–H groups in total. The molecule has 132 valence electrons. The van der Waals surface area contributed by atoms with Crippen molar-refractivity contribution in [1.82, 2.24) is 4.98 Å². The van der Waals surface area contributed by atoms with Gasteiger partial charge in [-0.25, -0.2) is 4.98 Å². The fourth-order valence-corrected chi connectivity index (χ4v) is 2.97. The van der Waals surface area contributed by atoms with Gasteiger partial charge < -0.3 is 9.16 Å². The number of fused-ring (bicyclic) bond motifs is 1. The number of hydrogen-bond donors (Lipinski definition) is 0. The van der Waals surface area contributed by atoms with E-state index in [0.29, 0.717) is 11.3 Å². The van der Waals surface area contributed by atoms with Gasteiger partial charge in [0, 0.05) is 18.1 Å². The number of benzene rings is 1. The zero-order chi connectivity index (χ0) is 20.2. The molecule has 0 atom stereocenters. The van der Waals surface area contributed by atoms with Crippen molar-refractivity contribution in [2.75, 3.05) is 13.7 Å². The van der Waals surface area contributed by atoms with Crippen molar-refractivity contribution in [3.8, 4) is 11.8 Å². The van der Waals surface area contributed by atoms with Gasteiger partial charge in [-0.2, -0.15) is 0 Å². The third-order valence-electron chi connectivity index (χ3n) is 4.56. The number of aromatic nitrogens is 1. The van der Waals surface area contributed by atoms with Gasteiger partial charge in [-0.3, -0.25) is 0 Å². The molecule has 2 rings (SSSR count). The summed E-state index contributed by atoms with van der Waals surface area (Å²) in [5, 5.41) is 0.863. The first-order valence-corrected chi connectivity index (χ1v) is 11.2. The molecule has 2 aromatic rings. The lowest BCUT2D eigenvalue weighted by atomic mass is 10.1. The standard InChI is InChI=1S/C21H27NO2Si/c1-16(24-25(6,7)21(2,3)4)18-15-17-11-8-9-12-19(17)22-20(18)13-10-14-23-5/h8-9,11-12,15H,1,14H2,2-7H3/i1D2. The number of nitrogens with zero attached hydrogens (tertiary/aromatic N) is 1. The minimum atomic E-state index is -2.24. The van der Waals surface area contributed by atoms with Crippen LogP contribution in [-0.2, 0) is 9.16 Å². The Morgan fingerprint density at radius 2 is 2.04 bits per heavy atom. The molecule has 0 radical (unpaired) electrons. The molecule has 0 spiro atoms. The Balaban J connectivity index is 2.66. The van der Waals surface area contributed by atoms with Crippen LogP contribution < -0.4 is 0 Å². The Morgan fingerprint density at radius 1 is 1.32 bits per heavy atom. The van der Waals surface area contributed by atoms with Gasteiger partial charge in [0.25, 0.3) is 0 Å². The number of para-hydroxylation sites is 1. The summed E-state index contributed by atoms with van der Waals surface area (Å²) in [7, 11) is -0.656. The van der Waals surface area contributed by atoms with Crippen LogP contribution in [0.5, 0.6) is 0 Å². The van der Waals surface area contributed by atoms with Crippen LogP contribution >= 0.6 is 0 Å². The van der Waals surface area contributed by atoms with Crippen LogP contribution in [0.15, 0.2) is 36.9 Å². The van der Waals surface area contributed by atoms with E-state index in [-0.39, 0.29) is 23.9 Å². The molecule has 0 amide bonds. The van der Waals surface area contributed by atoms with Gasteiger partial charge >= 0.3 is 0 Å². The highest BCUT2D eigenvalue weighted by atomic mass is 28.4. The molecule has 0 unspecified atom stereocenters. The summed E-state index contributed by atoms with van der Waals surface area (Å²) in [5.41, 5.74) is 1.89. The lowest BCUT2D eigenvalue weighted by Crippen LogP contribution is -2.40. The second-order valence-electron chi connectivity index (χ2n) is 7.50. The summed E-state index contributed by atoms with van der Waals surface area (Å²) in [6.45, 7) is 10.5. The average Bonchev–Trinajstić information content (AvgIpc) is 2.58. The first kappa shape index (κ1) is 16.4. The van der Waals surface area contributed by atoms with E-state index in [1.54, 1.807) is 7.11 Å². The molecule has 1 heterocycles. The highest BCUT2D eigenvalue weighted by Crippen LogP contribution is 2.39.